The first-order chi connectivity index (χ1) is 7.56. The third kappa shape index (κ3) is 13.6. The highest BCUT2D eigenvalue weighted by molar-refractivity contribution is 4.87. The van der Waals surface area contributed by atoms with E-state index in [1.54, 1.807) is 6.08 Å². The highest BCUT2D eigenvalue weighted by atomic mass is 16.7. The normalized spacial score (nSPS) is 12.5. The summed E-state index contributed by atoms with van der Waals surface area (Å²) in [6.07, 6.45) is 13.5. The van der Waals surface area contributed by atoms with Crippen LogP contribution < -0.4 is 0 Å². The number of hydrogen-bond acceptors (Lipinski definition) is 3. The van der Waals surface area contributed by atoms with Crippen LogP contribution in [-0.4, -0.2) is 21.3 Å². The Bertz CT molecular complexity index is 171. The molecule has 0 amide bonds. The van der Waals surface area contributed by atoms with Gasteiger partial charge in [0.1, 0.15) is 0 Å². The number of unbranched alkanes of at least 4 members (excludes halogenated alkanes) is 8. The molecule has 0 bridgehead atoms. The highest BCUT2D eigenvalue weighted by Crippen LogP contribution is 2.10. The highest BCUT2D eigenvalue weighted by Gasteiger charge is 2.10. The lowest BCUT2D eigenvalue weighted by Crippen LogP contribution is -2.23. The van der Waals surface area contributed by atoms with Crippen molar-refractivity contribution in [3.05, 3.63) is 12.2 Å². The van der Waals surface area contributed by atoms with Crippen LogP contribution in [0.1, 0.15) is 64.7 Å². The summed E-state index contributed by atoms with van der Waals surface area (Å²) >= 11 is 0. The van der Waals surface area contributed by atoms with Gasteiger partial charge in [-0.1, -0.05) is 57.9 Å². The molecule has 0 saturated heterocycles. The Hall–Kier alpha value is -0.380. The van der Waals surface area contributed by atoms with Gasteiger partial charge in [0.05, 0.1) is 0 Å². The average molecular weight is 230 g/mol. The Kier molecular flexibility index (Phi) is 9.59. The quantitative estimate of drug-likeness (QED) is 0.307. The molecule has 0 aliphatic rings. The van der Waals surface area contributed by atoms with E-state index < -0.39 is 5.97 Å². The Balaban J connectivity index is 3.13. The summed E-state index contributed by atoms with van der Waals surface area (Å²) in [6.45, 7) is 2.22. The van der Waals surface area contributed by atoms with Crippen molar-refractivity contribution in [1.29, 1.82) is 0 Å². The van der Waals surface area contributed by atoms with E-state index >= 15 is 0 Å². The van der Waals surface area contributed by atoms with Crippen LogP contribution in [0, 0.1) is 0 Å². The van der Waals surface area contributed by atoms with Crippen molar-refractivity contribution in [2.45, 2.75) is 70.7 Å². The smallest absolute Gasteiger partial charge is 0.297 e. The van der Waals surface area contributed by atoms with Crippen molar-refractivity contribution < 1.29 is 15.3 Å². The van der Waals surface area contributed by atoms with Crippen molar-refractivity contribution in [2.24, 2.45) is 0 Å². The molecule has 0 aromatic carbocycles. The van der Waals surface area contributed by atoms with E-state index in [0.29, 0.717) is 0 Å². The minimum Gasteiger partial charge on any atom is -0.340 e. The second kappa shape index (κ2) is 9.82. The van der Waals surface area contributed by atoms with Crippen molar-refractivity contribution in [1.82, 2.24) is 0 Å². The molecular formula is C13H26O3. The van der Waals surface area contributed by atoms with Crippen molar-refractivity contribution in [3.63, 3.8) is 0 Å². The molecular weight excluding hydrogens is 204 g/mol. The van der Waals surface area contributed by atoms with Crippen molar-refractivity contribution in [3.8, 4) is 0 Å². The zero-order valence-corrected chi connectivity index (χ0v) is 10.4. The standard InChI is InChI=1S/C13H26O3/c1-2-3-4-5-6-7-8-9-10-11-12-13(14,15)16/h11-12,14-16H,2-10H2,1H3. The lowest BCUT2D eigenvalue weighted by Gasteiger charge is -2.06. The molecule has 0 heterocycles. The van der Waals surface area contributed by atoms with E-state index in [4.69, 9.17) is 15.3 Å². The van der Waals surface area contributed by atoms with Gasteiger partial charge in [0.25, 0.3) is 5.97 Å². The fraction of sp³-hybridized carbons (Fsp3) is 0.846. The first-order valence-corrected chi connectivity index (χ1v) is 6.41. The summed E-state index contributed by atoms with van der Waals surface area (Å²) in [5.41, 5.74) is 0. The number of rotatable bonds is 10. The Morgan fingerprint density at radius 3 is 1.81 bits per heavy atom. The Labute approximate surface area is 98.8 Å². The van der Waals surface area contributed by atoms with Crippen LogP contribution in [0.4, 0.5) is 0 Å². The average Bonchev–Trinajstić information content (AvgIpc) is 2.19. The topological polar surface area (TPSA) is 60.7 Å². The lowest BCUT2D eigenvalue weighted by atomic mass is 10.1. The maximum Gasteiger partial charge on any atom is 0.297 e. The van der Waals surface area contributed by atoms with Gasteiger partial charge in [-0.25, -0.2) is 0 Å². The molecule has 16 heavy (non-hydrogen) atoms. The molecule has 3 nitrogen and oxygen atoms in total. The molecule has 0 aliphatic carbocycles. The predicted octanol–water partition coefficient (Wildman–Crippen LogP) is 2.70. The third-order valence-electron chi connectivity index (χ3n) is 2.57. The van der Waals surface area contributed by atoms with Crippen molar-refractivity contribution >= 4 is 0 Å². The predicted molar refractivity (Wildman–Crippen MR) is 65.8 cm³/mol. The largest absolute Gasteiger partial charge is 0.340 e. The first kappa shape index (κ1) is 15.6. The zero-order valence-electron chi connectivity index (χ0n) is 10.4. The molecule has 0 aromatic heterocycles. The van der Waals surface area contributed by atoms with Crippen LogP contribution in [0.25, 0.3) is 0 Å². The molecule has 0 atom stereocenters. The SMILES string of the molecule is CCCCCCCCCCC=CC(O)(O)O. The number of aliphatic hydroxyl groups is 3. The van der Waals surface area contributed by atoms with Crippen LogP contribution in [0.15, 0.2) is 12.2 Å². The zero-order chi connectivity index (χ0) is 12.3. The van der Waals surface area contributed by atoms with Crippen LogP contribution in [-0.2, 0) is 0 Å². The summed E-state index contributed by atoms with van der Waals surface area (Å²) < 4.78 is 0. The molecule has 3 heteroatoms. The fourth-order valence-corrected chi connectivity index (χ4v) is 1.64. The van der Waals surface area contributed by atoms with Gasteiger partial charge in [-0.05, 0) is 18.9 Å². The molecule has 0 spiro atoms. The van der Waals surface area contributed by atoms with Gasteiger partial charge >= 0.3 is 0 Å². The van der Waals surface area contributed by atoms with Gasteiger partial charge in [-0.15, -0.1) is 0 Å². The van der Waals surface area contributed by atoms with Gasteiger partial charge < -0.3 is 15.3 Å². The molecule has 0 rings (SSSR count). The summed E-state index contributed by atoms with van der Waals surface area (Å²) in [6, 6.07) is 0. The minimum absolute atomic E-state index is 0.790. The van der Waals surface area contributed by atoms with Gasteiger partial charge in [-0.2, -0.15) is 0 Å². The van der Waals surface area contributed by atoms with E-state index in [-0.39, 0.29) is 0 Å². The Morgan fingerprint density at radius 1 is 0.812 bits per heavy atom. The van der Waals surface area contributed by atoms with E-state index in [0.717, 1.165) is 18.9 Å². The van der Waals surface area contributed by atoms with Crippen LogP contribution in [0.2, 0.25) is 0 Å². The number of hydrogen-bond donors (Lipinski definition) is 3. The summed E-state index contributed by atoms with van der Waals surface area (Å²) in [5.74, 6) is -2.64. The molecule has 0 fully saturated rings. The third-order valence-corrected chi connectivity index (χ3v) is 2.57. The Morgan fingerprint density at radius 2 is 1.31 bits per heavy atom. The van der Waals surface area contributed by atoms with Gasteiger partial charge in [0, 0.05) is 0 Å². The van der Waals surface area contributed by atoms with Gasteiger partial charge in [0.15, 0.2) is 0 Å². The molecule has 3 N–H and O–H groups in total. The molecule has 0 saturated carbocycles. The molecule has 0 radical (unpaired) electrons. The van der Waals surface area contributed by atoms with E-state index in [2.05, 4.69) is 6.92 Å². The van der Waals surface area contributed by atoms with Crippen LogP contribution in [0.5, 0.6) is 0 Å². The molecule has 0 aliphatic heterocycles. The summed E-state index contributed by atoms with van der Waals surface area (Å²) in [7, 11) is 0. The monoisotopic (exact) mass is 230 g/mol. The van der Waals surface area contributed by atoms with E-state index in [1.165, 1.54) is 44.9 Å². The first-order valence-electron chi connectivity index (χ1n) is 6.41. The molecule has 96 valence electrons. The maximum atomic E-state index is 8.57. The van der Waals surface area contributed by atoms with E-state index in [9.17, 15) is 0 Å². The minimum atomic E-state index is -2.64. The van der Waals surface area contributed by atoms with Crippen LogP contribution >= 0.6 is 0 Å². The van der Waals surface area contributed by atoms with Gasteiger partial charge in [0.2, 0.25) is 0 Å². The lowest BCUT2D eigenvalue weighted by molar-refractivity contribution is -0.273. The second-order valence-electron chi connectivity index (χ2n) is 4.35. The molecule has 0 unspecified atom stereocenters. The maximum absolute atomic E-state index is 8.57. The molecule has 0 aromatic rings. The summed E-state index contributed by atoms with van der Waals surface area (Å²) in [5, 5.41) is 25.7. The number of allylic oxidation sites excluding steroid dienone is 1. The van der Waals surface area contributed by atoms with Gasteiger partial charge in [-0.3, -0.25) is 0 Å². The van der Waals surface area contributed by atoms with E-state index in [1.807, 2.05) is 0 Å². The van der Waals surface area contributed by atoms with Crippen molar-refractivity contribution in [2.75, 3.05) is 0 Å². The fourth-order valence-electron chi connectivity index (χ4n) is 1.64. The summed E-state index contributed by atoms with van der Waals surface area (Å²) in [4.78, 5) is 0. The second-order valence-corrected chi connectivity index (χ2v) is 4.35. The van der Waals surface area contributed by atoms with Crippen LogP contribution in [0.3, 0.4) is 0 Å².